The van der Waals surface area contributed by atoms with Crippen LogP contribution < -0.4 is 0 Å². The predicted molar refractivity (Wildman–Crippen MR) is 5.75 cm³/mol. The van der Waals surface area contributed by atoms with Gasteiger partial charge in [0.05, 0.1) is 0 Å². The molecule has 0 fully saturated rings. The molecule has 0 nitrogen and oxygen atoms in total. The Kier molecular flexibility index (Phi) is 176. The average Bonchev–Trinajstić information content (AvgIpc) is 0. The van der Waals surface area contributed by atoms with Gasteiger partial charge in [-0.3, -0.25) is 0 Å². The minimum Gasteiger partial charge on any atom is 0 e. The van der Waals surface area contributed by atoms with Crippen LogP contribution in [0.15, 0.2) is 0 Å². The second-order valence-corrected chi connectivity index (χ2v) is 0. The van der Waals surface area contributed by atoms with Crippen LogP contribution in [0.4, 0.5) is 0 Å². The maximum atomic E-state index is 0. The average molecular weight is 195 g/mol. The second kappa shape index (κ2) is 19.5. The minimum absolute atomic E-state index is 0. The molecule has 0 saturated carbocycles. The van der Waals surface area contributed by atoms with Gasteiger partial charge in [-0.2, -0.15) is 0 Å². The molecule has 0 heterocycles. The van der Waals surface area contributed by atoms with Gasteiger partial charge in [-0.05, 0) is 0 Å². The first-order valence-electron chi connectivity index (χ1n) is 0. The van der Waals surface area contributed by atoms with E-state index in [2.05, 4.69) is 0 Å². The summed E-state index contributed by atoms with van der Waals surface area (Å²) >= 11 is 0. The standard InChI is InChI=1S/Al.3Fe. The molecule has 0 bridgehead atoms. The first-order chi connectivity index (χ1) is 0. The van der Waals surface area contributed by atoms with E-state index in [-0.39, 0.29) is 68.6 Å². The van der Waals surface area contributed by atoms with Gasteiger partial charge in [0.25, 0.3) is 0 Å². The van der Waals surface area contributed by atoms with Crippen molar-refractivity contribution in [3.63, 3.8) is 0 Å². The van der Waals surface area contributed by atoms with E-state index in [0.717, 1.165) is 0 Å². The van der Waals surface area contributed by atoms with Crippen molar-refractivity contribution >= 4 is 17.4 Å². The van der Waals surface area contributed by atoms with Crippen LogP contribution in [-0.4, -0.2) is 17.4 Å². The molecule has 0 spiro atoms. The summed E-state index contributed by atoms with van der Waals surface area (Å²) in [7, 11) is 0. The van der Waals surface area contributed by atoms with E-state index >= 15 is 0 Å². The molecule has 4 heteroatoms. The molecule has 0 aliphatic rings. The Bertz CT molecular complexity index is 3.25. The SMILES string of the molecule is [Al].[Fe].[Fe].[Fe]. The van der Waals surface area contributed by atoms with Gasteiger partial charge in [0, 0.05) is 68.6 Å². The van der Waals surface area contributed by atoms with Crippen LogP contribution in [0.2, 0.25) is 0 Å². The third-order valence-corrected chi connectivity index (χ3v) is 0. The number of rotatable bonds is 0. The van der Waals surface area contributed by atoms with Gasteiger partial charge in [-0.15, -0.1) is 0 Å². The summed E-state index contributed by atoms with van der Waals surface area (Å²) in [6.45, 7) is 0. The summed E-state index contributed by atoms with van der Waals surface area (Å²) in [6.07, 6.45) is 0. The molecule has 0 unspecified atom stereocenters. The summed E-state index contributed by atoms with van der Waals surface area (Å²) in [5.74, 6) is 0. The van der Waals surface area contributed by atoms with E-state index in [9.17, 15) is 0 Å². The van der Waals surface area contributed by atoms with Gasteiger partial charge < -0.3 is 0 Å². The first kappa shape index (κ1) is 36.1. The first-order valence-corrected chi connectivity index (χ1v) is 0. The Hall–Kier alpha value is 2.09. The summed E-state index contributed by atoms with van der Waals surface area (Å²) in [5.41, 5.74) is 0. The van der Waals surface area contributed by atoms with Crippen LogP contribution in [0.3, 0.4) is 0 Å². The van der Waals surface area contributed by atoms with Gasteiger partial charge in [0.15, 0.2) is 0 Å². The van der Waals surface area contributed by atoms with Crippen molar-refractivity contribution in [3.05, 3.63) is 0 Å². The van der Waals surface area contributed by atoms with Crippen molar-refractivity contribution in [3.8, 4) is 0 Å². The van der Waals surface area contributed by atoms with Crippen LogP contribution in [-0.2, 0) is 51.2 Å². The molecule has 0 rings (SSSR count). The Balaban J connectivity index is 0. The molecule has 0 aliphatic heterocycles. The van der Waals surface area contributed by atoms with Crippen molar-refractivity contribution in [1.82, 2.24) is 0 Å². The second-order valence-electron chi connectivity index (χ2n) is 0. The van der Waals surface area contributed by atoms with Gasteiger partial charge in [0.1, 0.15) is 0 Å². The summed E-state index contributed by atoms with van der Waals surface area (Å²) in [4.78, 5) is 0. The fraction of sp³-hybridized carbons (Fsp3) is 0. The molecule has 0 atom stereocenters. The monoisotopic (exact) mass is 195 g/mol. The summed E-state index contributed by atoms with van der Waals surface area (Å²) in [6, 6.07) is 0. The van der Waals surface area contributed by atoms with Crippen molar-refractivity contribution in [2.24, 2.45) is 0 Å². The molecule has 0 saturated heterocycles. The van der Waals surface area contributed by atoms with E-state index in [1.54, 1.807) is 0 Å². The third-order valence-electron chi connectivity index (χ3n) is 0. The molecule has 0 N–H and O–H groups in total. The van der Waals surface area contributed by atoms with Gasteiger partial charge in [0.2, 0.25) is 0 Å². The van der Waals surface area contributed by atoms with Gasteiger partial charge in [-0.1, -0.05) is 0 Å². The predicted octanol–water partition coefficient (Wildman–Crippen LogP) is -0.388. The molecule has 0 aromatic heterocycles. The van der Waals surface area contributed by atoms with Crippen LogP contribution in [0, 0.1) is 0 Å². The maximum Gasteiger partial charge on any atom is 0 e. The van der Waals surface area contributed by atoms with E-state index in [1.807, 2.05) is 0 Å². The minimum atomic E-state index is 0. The smallest absolute Gasteiger partial charge is 0 e. The molecule has 0 aromatic carbocycles. The van der Waals surface area contributed by atoms with E-state index in [1.165, 1.54) is 0 Å². The fourth-order valence-electron chi connectivity index (χ4n) is 0. The largest absolute Gasteiger partial charge is 0 e. The molecule has 27 valence electrons. The zero-order valence-electron chi connectivity index (χ0n) is 1.64. The molecular formula is AlFe3. The zero-order valence-corrected chi connectivity index (χ0v) is 6.11. The van der Waals surface area contributed by atoms with Crippen molar-refractivity contribution in [1.29, 1.82) is 0 Å². The number of hydrogen-bond donors (Lipinski definition) is 0. The summed E-state index contributed by atoms with van der Waals surface area (Å²) in [5, 5.41) is 0. The molecular weight excluding hydrogens is 195 g/mol. The van der Waals surface area contributed by atoms with Gasteiger partial charge >= 0.3 is 0 Å². The van der Waals surface area contributed by atoms with Crippen molar-refractivity contribution < 1.29 is 51.2 Å². The van der Waals surface area contributed by atoms with Gasteiger partial charge in [-0.25, -0.2) is 0 Å². The van der Waals surface area contributed by atoms with E-state index in [0.29, 0.717) is 0 Å². The topological polar surface area (TPSA) is 0 Å². The Morgan fingerprint density at radius 2 is 0.500 bits per heavy atom. The van der Waals surface area contributed by atoms with Crippen molar-refractivity contribution in [2.45, 2.75) is 0 Å². The maximum absolute atomic E-state index is 0. The van der Waals surface area contributed by atoms with E-state index < -0.39 is 0 Å². The van der Waals surface area contributed by atoms with Crippen LogP contribution in [0.1, 0.15) is 0 Å². The summed E-state index contributed by atoms with van der Waals surface area (Å²) < 4.78 is 0. The van der Waals surface area contributed by atoms with Crippen LogP contribution in [0.5, 0.6) is 0 Å². The van der Waals surface area contributed by atoms with Crippen molar-refractivity contribution in [2.75, 3.05) is 0 Å². The Morgan fingerprint density at radius 3 is 0.500 bits per heavy atom. The number of hydrogen-bond acceptors (Lipinski definition) is 0. The quantitative estimate of drug-likeness (QED) is 0.461. The third kappa shape index (κ3) is 8.94. The zero-order chi connectivity index (χ0) is 0. The van der Waals surface area contributed by atoms with E-state index in [4.69, 9.17) is 0 Å². The van der Waals surface area contributed by atoms with Crippen LogP contribution >= 0.6 is 0 Å². The molecule has 4 heavy (non-hydrogen) atoms. The fourth-order valence-corrected chi connectivity index (χ4v) is 0. The normalized spacial score (nSPS) is 0. The molecule has 0 amide bonds. The molecule has 0 aromatic rings. The molecule has 3 radical (unpaired) electrons. The Morgan fingerprint density at radius 1 is 0.500 bits per heavy atom. The molecule has 0 aliphatic carbocycles. The Labute approximate surface area is 68.0 Å². The van der Waals surface area contributed by atoms with Crippen LogP contribution in [0.25, 0.3) is 0 Å².